The first-order valence-corrected chi connectivity index (χ1v) is 23.6. The van der Waals surface area contributed by atoms with Crippen LogP contribution in [0.4, 0.5) is 24.5 Å². The van der Waals surface area contributed by atoms with Crippen molar-refractivity contribution in [2.24, 2.45) is 0 Å². The summed E-state index contributed by atoms with van der Waals surface area (Å²) in [5, 5.41) is 3.16. The Morgan fingerprint density at radius 1 is 0.879 bits per heavy atom. The molecule has 3 N–H and O–H groups in total. The number of hydrogen-bond donors (Lipinski definition) is 3. The van der Waals surface area contributed by atoms with E-state index in [1.54, 1.807) is 24.4 Å². The number of piperidine rings is 1. The van der Waals surface area contributed by atoms with Gasteiger partial charge in [-0.25, -0.2) is 18.2 Å². The van der Waals surface area contributed by atoms with Crippen molar-refractivity contribution in [1.29, 1.82) is 0 Å². The molecule has 346 valence electrons. The molecule has 0 spiro atoms. The van der Waals surface area contributed by atoms with Crippen LogP contribution in [0.5, 0.6) is 5.75 Å². The van der Waals surface area contributed by atoms with Crippen LogP contribution >= 0.6 is 0 Å². The molecule has 2 unspecified atom stereocenters. The average Bonchev–Trinajstić information content (AvgIpc) is 4.02. The number of hydrogen-bond acceptors (Lipinski definition) is 10. The van der Waals surface area contributed by atoms with Gasteiger partial charge in [0.15, 0.2) is 5.82 Å². The molecule has 4 aliphatic heterocycles. The first kappa shape index (κ1) is 44.9. The van der Waals surface area contributed by atoms with Crippen LogP contribution < -0.4 is 19.7 Å². The van der Waals surface area contributed by atoms with Crippen LogP contribution in [0.2, 0.25) is 0 Å². The molecular formula is C47H49F3N8O7S. The van der Waals surface area contributed by atoms with Gasteiger partial charge in [-0.3, -0.25) is 33.7 Å². The van der Waals surface area contributed by atoms with Crippen molar-refractivity contribution in [2.45, 2.75) is 63.7 Å². The number of fused-ring (bicyclic) bond motifs is 2. The molecule has 3 aromatic carbocycles. The Morgan fingerprint density at radius 3 is 2.39 bits per heavy atom. The smallest absolute Gasteiger partial charge is 0.301 e. The highest BCUT2D eigenvalue weighted by atomic mass is 32.2. The number of halogens is 3. The van der Waals surface area contributed by atoms with Gasteiger partial charge in [0.2, 0.25) is 11.7 Å². The number of aromatic nitrogens is 2. The predicted molar refractivity (Wildman–Crippen MR) is 241 cm³/mol. The number of anilines is 2. The lowest BCUT2D eigenvalue weighted by Crippen LogP contribution is -2.54. The van der Waals surface area contributed by atoms with E-state index in [1.807, 2.05) is 42.0 Å². The number of nitrogens with one attached hydrogen (secondary N) is 3. The monoisotopic (exact) mass is 926 g/mol. The molecule has 0 saturated carbocycles. The van der Waals surface area contributed by atoms with Gasteiger partial charge in [0.05, 0.1) is 29.0 Å². The van der Waals surface area contributed by atoms with Crippen LogP contribution in [0.15, 0.2) is 73.1 Å². The lowest BCUT2D eigenvalue weighted by molar-refractivity contribution is -0.127. The van der Waals surface area contributed by atoms with E-state index in [1.165, 1.54) is 6.20 Å². The fraction of sp³-hybridized carbons (Fsp3) is 0.383. The van der Waals surface area contributed by atoms with Crippen LogP contribution in [0.25, 0.3) is 22.2 Å². The van der Waals surface area contributed by atoms with Crippen molar-refractivity contribution >= 4 is 56.1 Å². The minimum absolute atomic E-state index is 0.00175. The van der Waals surface area contributed by atoms with Crippen LogP contribution in [0, 0.1) is 11.6 Å². The summed E-state index contributed by atoms with van der Waals surface area (Å²) in [5.41, 5.74) is 1.63. The van der Waals surface area contributed by atoms with Gasteiger partial charge in [-0.05, 0) is 106 Å². The van der Waals surface area contributed by atoms with E-state index in [-0.39, 0.29) is 30.5 Å². The number of amides is 3. The number of rotatable bonds is 15. The number of benzene rings is 3. The highest BCUT2D eigenvalue weighted by Gasteiger charge is 2.44. The number of carbonyl (C=O) groups excluding carboxylic acids is 4. The Hall–Kier alpha value is -6.31. The van der Waals surface area contributed by atoms with E-state index in [9.17, 15) is 32.0 Å². The van der Waals surface area contributed by atoms with Crippen molar-refractivity contribution in [1.82, 2.24) is 29.4 Å². The summed E-state index contributed by atoms with van der Waals surface area (Å²) in [6.07, 6.45) is 5.55. The number of unbranched alkanes of at least 4 members (excludes halogenated alkanes) is 2. The molecule has 66 heavy (non-hydrogen) atoms. The van der Waals surface area contributed by atoms with Crippen LogP contribution in [0.1, 0.15) is 82.1 Å². The fourth-order valence-electron chi connectivity index (χ4n) is 9.13. The number of nitrogens with zero attached hydrogens (tertiary/aromatic N) is 5. The van der Waals surface area contributed by atoms with E-state index in [0.717, 1.165) is 84.6 Å². The van der Waals surface area contributed by atoms with Gasteiger partial charge in [0, 0.05) is 79.9 Å². The number of carbonyl (C=O) groups is 4. The molecule has 5 aromatic rings. The van der Waals surface area contributed by atoms with E-state index in [2.05, 4.69) is 25.1 Å². The van der Waals surface area contributed by atoms with Crippen LogP contribution in [0.3, 0.4) is 0 Å². The van der Waals surface area contributed by atoms with E-state index >= 15 is 8.78 Å². The molecule has 2 aromatic heterocycles. The molecule has 15 nitrogen and oxygen atoms in total. The fourth-order valence-corrected chi connectivity index (χ4v) is 10.4. The third kappa shape index (κ3) is 8.98. The summed E-state index contributed by atoms with van der Waals surface area (Å²) in [6, 6.07) is 15.3. The second kappa shape index (κ2) is 18.5. The van der Waals surface area contributed by atoms with E-state index < -0.39 is 69.5 Å². The molecule has 3 fully saturated rings. The van der Waals surface area contributed by atoms with E-state index in [4.69, 9.17) is 4.74 Å². The zero-order valence-corrected chi connectivity index (χ0v) is 37.0. The number of alkyl halides is 1. The summed E-state index contributed by atoms with van der Waals surface area (Å²) in [5.74, 6) is -4.02. The maximum atomic E-state index is 15.7. The van der Waals surface area contributed by atoms with Crippen molar-refractivity contribution in [2.75, 3.05) is 62.0 Å². The Kier molecular flexibility index (Phi) is 12.6. The Bertz CT molecular complexity index is 2820. The summed E-state index contributed by atoms with van der Waals surface area (Å²) in [7, 11) is -4.36. The molecule has 0 radical (unpaired) electrons. The summed E-state index contributed by atoms with van der Waals surface area (Å²) < 4.78 is 78.9. The van der Waals surface area contributed by atoms with Gasteiger partial charge in [0.1, 0.15) is 29.4 Å². The van der Waals surface area contributed by atoms with Crippen molar-refractivity contribution in [3.63, 3.8) is 0 Å². The molecular weight excluding hydrogens is 878 g/mol. The molecule has 19 heteroatoms. The number of ketones is 1. The van der Waals surface area contributed by atoms with Crippen molar-refractivity contribution in [3.8, 4) is 16.9 Å². The van der Waals surface area contributed by atoms with Gasteiger partial charge in [-0.15, -0.1) is 0 Å². The Balaban J connectivity index is 0.734. The quantitative estimate of drug-likeness (QED) is 0.0635. The zero-order valence-electron chi connectivity index (χ0n) is 36.2. The van der Waals surface area contributed by atoms with Gasteiger partial charge in [-0.2, -0.15) is 12.7 Å². The molecule has 3 amide bonds. The second-order valence-electron chi connectivity index (χ2n) is 17.3. The first-order valence-electron chi connectivity index (χ1n) is 22.2. The second-order valence-corrected chi connectivity index (χ2v) is 18.9. The van der Waals surface area contributed by atoms with Crippen molar-refractivity contribution in [3.05, 3.63) is 107 Å². The van der Waals surface area contributed by atoms with Gasteiger partial charge < -0.3 is 19.9 Å². The Morgan fingerprint density at radius 2 is 1.65 bits per heavy atom. The maximum absolute atomic E-state index is 15.7. The van der Waals surface area contributed by atoms with E-state index in [0.29, 0.717) is 52.9 Å². The lowest BCUT2D eigenvalue weighted by Gasteiger charge is -2.36. The number of aromatic amines is 1. The first-order chi connectivity index (χ1) is 31.8. The number of ether oxygens (including phenoxy) is 1. The summed E-state index contributed by atoms with van der Waals surface area (Å²) in [6.45, 7) is 6.20. The lowest BCUT2D eigenvalue weighted by atomic mass is 10.00. The number of H-pyrrole nitrogens is 1. The van der Waals surface area contributed by atoms with Gasteiger partial charge in [0.25, 0.3) is 11.8 Å². The average molecular weight is 927 g/mol. The third-order valence-electron chi connectivity index (χ3n) is 12.9. The molecule has 9 rings (SSSR count). The highest BCUT2D eigenvalue weighted by molar-refractivity contribution is 7.90. The molecule has 4 aliphatic rings. The maximum Gasteiger partial charge on any atom is 0.301 e. The molecule has 0 aliphatic carbocycles. The van der Waals surface area contributed by atoms with Crippen LogP contribution in [-0.4, -0.2) is 127 Å². The highest BCUT2D eigenvalue weighted by Crippen LogP contribution is 2.33. The summed E-state index contributed by atoms with van der Waals surface area (Å²) in [4.78, 5) is 65.9. The molecule has 0 bridgehead atoms. The summed E-state index contributed by atoms with van der Waals surface area (Å²) >= 11 is 0. The van der Waals surface area contributed by atoms with Gasteiger partial charge >= 0.3 is 10.2 Å². The molecule has 3 saturated heterocycles. The van der Waals surface area contributed by atoms with Crippen molar-refractivity contribution < 1.29 is 45.5 Å². The minimum Gasteiger partial charge on any atom is -0.494 e. The number of imide groups is 1. The largest absolute Gasteiger partial charge is 0.494 e. The SMILES string of the molecule is CC1CCC(N2C(=O)c3ccc(N4CCN(CCCCCOc5ccc(-c6cnc7[nH]cc(C(=O)c8c(F)ccc(NS(=O)(=O)N9CC[C@@H](F)C9)c8F)c7c6)cc5)CC4)cc3C2=O)C(=O)N1. The molecule has 3 atom stereocenters. The zero-order chi connectivity index (χ0) is 46.3. The topological polar surface area (TPSA) is 177 Å². The predicted octanol–water partition coefficient (Wildman–Crippen LogP) is 6.07. The third-order valence-corrected chi connectivity index (χ3v) is 14.3. The van der Waals surface area contributed by atoms with Gasteiger partial charge in [-0.1, -0.05) is 12.1 Å². The molecule has 6 heterocycles. The Labute approximate surface area is 379 Å². The number of pyridine rings is 1. The normalized spacial score (nSPS) is 20.5. The van der Waals surface area contributed by atoms with Crippen LogP contribution in [-0.2, 0) is 15.0 Å². The standard InChI is InChI=1S/C47H49F3N8O7S/c1-28-5-14-40(45(60)53-28)58-46(61)34-11-8-32(24-36(34)47(58)62)56-20-18-55(19-21-56)16-3-2-4-22-65-33-9-6-29(7-10-33)30-23-35-37(26-52-44(35)51-25-30)43(59)41-38(49)12-13-39(42(41)50)54-66(63,64)57-17-15-31(48)27-57/h6-13,23-26,28,31,40,54H,2-5,14-22,27H2,1H3,(H,51,52)(H,53,60)/t28?,31-,40?/m1/s1. The minimum atomic E-state index is -4.36. The number of piperazine rings is 1.